The average molecular weight is 135 g/mol. The Balaban J connectivity index is 3.15. The van der Waals surface area contributed by atoms with Crippen molar-refractivity contribution >= 4 is 11.3 Å². The molecule has 0 aromatic carbocycles. The van der Waals surface area contributed by atoms with Crippen LogP contribution in [0.4, 0.5) is 5.69 Å². The third kappa shape index (κ3) is 1.13. The van der Waals surface area contributed by atoms with Crippen LogP contribution in [0, 0.1) is 0 Å². The topological polar surface area (TPSA) is 51.8 Å². The molecule has 0 atom stereocenters. The minimum absolute atomic E-state index is 0.627. The molecule has 10 heavy (non-hydrogen) atoms. The van der Waals surface area contributed by atoms with Crippen molar-refractivity contribution in [3.8, 4) is 0 Å². The molecule has 0 unspecified atom stereocenters. The number of hydrogen-bond donors (Lipinski definition) is 1. The van der Waals surface area contributed by atoms with Crippen LogP contribution in [-0.2, 0) is 0 Å². The first-order chi connectivity index (χ1) is 4.72. The Morgan fingerprint density at radius 1 is 1.50 bits per heavy atom. The van der Waals surface area contributed by atoms with Crippen LogP contribution < -0.4 is 5.73 Å². The zero-order valence-electron chi connectivity index (χ0n) is 5.83. The molecule has 0 radical (unpaired) electrons. The zero-order chi connectivity index (χ0) is 7.56. The predicted molar refractivity (Wildman–Crippen MR) is 41.2 cm³/mol. The van der Waals surface area contributed by atoms with Crippen LogP contribution in [0.5, 0.6) is 0 Å². The summed E-state index contributed by atoms with van der Waals surface area (Å²) in [4.78, 5) is 0. The van der Waals surface area contributed by atoms with E-state index in [-0.39, 0.29) is 0 Å². The lowest BCUT2D eigenvalue weighted by molar-refractivity contribution is 1.03. The monoisotopic (exact) mass is 135 g/mol. The number of nitrogen functional groups attached to an aromatic ring is 1. The molecule has 0 saturated heterocycles. The molecule has 0 aliphatic carbocycles. The van der Waals surface area contributed by atoms with Crippen LogP contribution in [0.3, 0.4) is 0 Å². The van der Waals surface area contributed by atoms with Gasteiger partial charge in [0.15, 0.2) is 0 Å². The van der Waals surface area contributed by atoms with Gasteiger partial charge < -0.3 is 5.73 Å². The number of rotatable bonds is 1. The summed E-state index contributed by atoms with van der Waals surface area (Å²) in [5.41, 5.74) is 7.97. The SMILES string of the molecule is C=C(C)c1cnncc1N. The molecular formula is C7H9N3. The summed E-state index contributed by atoms with van der Waals surface area (Å²) in [6.07, 6.45) is 3.13. The first kappa shape index (κ1) is 6.74. The van der Waals surface area contributed by atoms with E-state index in [0.717, 1.165) is 11.1 Å². The van der Waals surface area contributed by atoms with Gasteiger partial charge in [-0.3, -0.25) is 0 Å². The van der Waals surface area contributed by atoms with Gasteiger partial charge in [-0.15, -0.1) is 0 Å². The maximum Gasteiger partial charge on any atom is 0.0732 e. The lowest BCUT2D eigenvalue weighted by Crippen LogP contribution is -1.94. The van der Waals surface area contributed by atoms with Crippen molar-refractivity contribution < 1.29 is 0 Å². The molecule has 0 aliphatic heterocycles. The maximum atomic E-state index is 5.56. The number of nitrogens with two attached hydrogens (primary N) is 1. The van der Waals surface area contributed by atoms with Gasteiger partial charge in [0.2, 0.25) is 0 Å². The van der Waals surface area contributed by atoms with E-state index in [4.69, 9.17) is 5.73 Å². The summed E-state index contributed by atoms with van der Waals surface area (Å²) in [7, 11) is 0. The van der Waals surface area contributed by atoms with Crippen molar-refractivity contribution in [2.75, 3.05) is 5.73 Å². The first-order valence-corrected chi connectivity index (χ1v) is 2.94. The number of anilines is 1. The highest BCUT2D eigenvalue weighted by Gasteiger charge is 1.97. The van der Waals surface area contributed by atoms with Crippen molar-refractivity contribution in [1.29, 1.82) is 0 Å². The quantitative estimate of drug-likeness (QED) is 0.627. The molecule has 0 spiro atoms. The van der Waals surface area contributed by atoms with Crippen LogP contribution in [0.2, 0.25) is 0 Å². The van der Waals surface area contributed by atoms with E-state index in [9.17, 15) is 0 Å². The average Bonchev–Trinajstić information content (AvgIpc) is 1.88. The van der Waals surface area contributed by atoms with Crippen LogP contribution in [0.1, 0.15) is 12.5 Å². The Morgan fingerprint density at radius 3 is 2.50 bits per heavy atom. The molecule has 1 aromatic heterocycles. The Bertz CT molecular complexity index is 255. The fraction of sp³-hybridized carbons (Fsp3) is 0.143. The summed E-state index contributed by atoms with van der Waals surface area (Å²) in [6, 6.07) is 0. The molecule has 1 rings (SSSR count). The molecule has 0 saturated carbocycles. The summed E-state index contributed by atoms with van der Waals surface area (Å²) in [5.74, 6) is 0. The highest BCUT2D eigenvalue weighted by molar-refractivity contribution is 5.70. The van der Waals surface area contributed by atoms with E-state index in [2.05, 4.69) is 16.8 Å². The van der Waals surface area contributed by atoms with E-state index in [1.807, 2.05) is 6.92 Å². The Labute approximate surface area is 59.6 Å². The highest BCUT2D eigenvalue weighted by Crippen LogP contribution is 2.15. The molecule has 3 heteroatoms. The molecule has 0 bridgehead atoms. The molecule has 0 aliphatic rings. The summed E-state index contributed by atoms with van der Waals surface area (Å²) in [5, 5.41) is 7.29. The van der Waals surface area contributed by atoms with E-state index >= 15 is 0 Å². The molecule has 1 heterocycles. The van der Waals surface area contributed by atoms with Gasteiger partial charge in [-0.25, -0.2) is 0 Å². The fourth-order valence-corrected chi connectivity index (χ4v) is 0.687. The van der Waals surface area contributed by atoms with Gasteiger partial charge in [0, 0.05) is 5.56 Å². The molecule has 2 N–H and O–H groups in total. The highest BCUT2D eigenvalue weighted by atomic mass is 15.1. The van der Waals surface area contributed by atoms with Crippen LogP contribution in [0.25, 0.3) is 5.57 Å². The number of allylic oxidation sites excluding steroid dienone is 1. The van der Waals surface area contributed by atoms with Crippen LogP contribution in [-0.4, -0.2) is 10.2 Å². The van der Waals surface area contributed by atoms with E-state index in [1.54, 1.807) is 6.20 Å². The van der Waals surface area contributed by atoms with E-state index in [1.165, 1.54) is 6.20 Å². The van der Waals surface area contributed by atoms with Gasteiger partial charge >= 0.3 is 0 Å². The van der Waals surface area contributed by atoms with Gasteiger partial charge in [-0.1, -0.05) is 6.58 Å². The van der Waals surface area contributed by atoms with Crippen molar-refractivity contribution in [3.63, 3.8) is 0 Å². The number of hydrogen-bond acceptors (Lipinski definition) is 3. The molecule has 0 amide bonds. The third-order valence-electron chi connectivity index (χ3n) is 1.22. The third-order valence-corrected chi connectivity index (χ3v) is 1.22. The van der Waals surface area contributed by atoms with Crippen molar-refractivity contribution in [1.82, 2.24) is 10.2 Å². The zero-order valence-corrected chi connectivity index (χ0v) is 5.83. The minimum Gasteiger partial charge on any atom is -0.397 e. The predicted octanol–water partition coefficient (Wildman–Crippen LogP) is 1.09. The first-order valence-electron chi connectivity index (χ1n) is 2.94. The molecule has 1 aromatic rings. The van der Waals surface area contributed by atoms with Gasteiger partial charge in [0.1, 0.15) is 0 Å². The smallest absolute Gasteiger partial charge is 0.0732 e. The second kappa shape index (κ2) is 2.47. The van der Waals surface area contributed by atoms with Gasteiger partial charge in [0.05, 0.1) is 18.1 Å². The largest absolute Gasteiger partial charge is 0.397 e. The van der Waals surface area contributed by atoms with Crippen molar-refractivity contribution in [2.45, 2.75) is 6.92 Å². The van der Waals surface area contributed by atoms with Gasteiger partial charge in [0.25, 0.3) is 0 Å². The van der Waals surface area contributed by atoms with Crippen molar-refractivity contribution in [3.05, 3.63) is 24.5 Å². The second-order valence-electron chi connectivity index (χ2n) is 2.14. The lowest BCUT2D eigenvalue weighted by Gasteiger charge is -2.00. The maximum absolute atomic E-state index is 5.56. The number of aromatic nitrogens is 2. The summed E-state index contributed by atoms with van der Waals surface area (Å²) < 4.78 is 0. The molecular weight excluding hydrogens is 126 g/mol. The molecule has 3 nitrogen and oxygen atoms in total. The second-order valence-corrected chi connectivity index (χ2v) is 2.14. The standard InChI is InChI=1S/C7H9N3/c1-5(2)6-3-9-10-4-7(6)8/h3-4H,1H2,2H3,(H2,8,9). The van der Waals surface area contributed by atoms with Crippen molar-refractivity contribution in [2.24, 2.45) is 0 Å². The lowest BCUT2D eigenvalue weighted by atomic mass is 10.1. The van der Waals surface area contributed by atoms with Gasteiger partial charge in [-0.05, 0) is 12.5 Å². The van der Waals surface area contributed by atoms with Crippen LogP contribution >= 0.6 is 0 Å². The van der Waals surface area contributed by atoms with E-state index < -0.39 is 0 Å². The van der Waals surface area contributed by atoms with Gasteiger partial charge in [-0.2, -0.15) is 10.2 Å². The number of nitrogens with zero attached hydrogens (tertiary/aromatic N) is 2. The normalized spacial score (nSPS) is 9.30. The summed E-state index contributed by atoms with van der Waals surface area (Å²) >= 11 is 0. The fourth-order valence-electron chi connectivity index (χ4n) is 0.687. The molecule has 0 fully saturated rings. The Kier molecular flexibility index (Phi) is 1.67. The Hall–Kier alpha value is -1.38. The molecule has 52 valence electrons. The van der Waals surface area contributed by atoms with E-state index in [0.29, 0.717) is 5.69 Å². The van der Waals surface area contributed by atoms with Crippen LogP contribution in [0.15, 0.2) is 19.0 Å². The minimum atomic E-state index is 0.627. The Morgan fingerprint density at radius 2 is 2.10 bits per heavy atom. The summed E-state index contributed by atoms with van der Waals surface area (Å²) in [6.45, 7) is 5.62.